The Labute approximate surface area is 124 Å². The number of ketones is 1. The van der Waals surface area contributed by atoms with Crippen LogP contribution in [0.15, 0.2) is 35.9 Å². The molecule has 0 heterocycles. The molecule has 0 aromatic heterocycles. The van der Waals surface area contributed by atoms with Crippen LogP contribution in [0.1, 0.15) is 38.1 Å². The van der Waals surface area contributed by atoms with Crippen molar-refractivity contribution < 1.29 is 14.4 Å². The molecule has 1 aromatic rings. The van der Waals surface area contributed by atoms with Crippen molar-refractivity contribution in [3.63, 3.8) is 0 Å². The summed E-state index contributed by atoms with van der Waals surface area (Å²) in [5.41, 5.74) is 1.48. The lowest BCUT2D eigenvalue weighted by molar-refractivity contribution is -0.118. The predicted molar refractivity (Wildman–Crippen MR) is 82.1 cm³/mol. The number of Topliss-reactive ketones (excluding diaryl/α,β-unsaturated/α-hetero) is 1. The average Bonchev–Trinajstić information content (AvgIpc) is 2.38. The van der Waals surface area contributed by atoms with Gasteiger partial charge in [0.15, 0.2) is 5.78 Å². The number of benzene rings is 1. The van der Waals surface area contributed by atoms with Gasteiger partial charge < -0.3 is 10.6 Å². The lowest BCUT2D eigenvalue weighted by atomic mass is 10.1. The molecule has 0 aliphatic rings. The molecule has 0 spiro atoms. The zero-order chi connectivity index (χ0) is 16.0. The smallest absolute Gasteiger partial charge is 0.248 e. The van der Waals surface area contributed by atoms with Crippen LogP contribution in [0.25, 0.3) is 0 Å². The van der Waals surface area contributed by atoms with Crippen molar-refractivity contribution >= 4 is 23.3 Å². The van der Waals surface area contributed by atoms with E-state index in [1.807, 2.05) is 13.8 Å². The molecule has 1 aromatic carbocycles. The van der Waals surface area contributed by atoms with E-state index in [0.29, 0.717) is 16.8 Å². The highest BCUT2D eigenvalue weighted by molar-refractivity contribution is 6.06. The second-order valence-electron chi connectivity index (χ2n) is 5.08. The van der Waals surface area contributed by atoms with Crippen LogP contribution in [0.3, 0.4) is 0 Å². The van der Waals surface area contributed by atoms with Crippen molar-refractivity contribution in [3.8, 4) is 0 Å². The zero-order valence-corrected chi connectivity index (χ0v) is 12.7. The Kier molecular flexibility index (Phi) is 5.84. The van der Waals surface area contributed by atoms with Gasteiger partial charge in [-0.2, -0.15) is 0 Å². The van der Waals surface area contributed by atoms with E-state index in [0.717, 1.165) is 0 Å². The predicted octanol–water partition coefficient (Wildman–Crippen LogP) is 2.30. The van der Waals surface area contributed by atoms with Gasteiger partial charge in [0, 0.05) is 28.9 Å². The molecule has 0 fully saturated rings. The molecular formula is C16H20N2O3. The molecule has 5 nitrogen and oxygen atoms in total. The maximum Gasteiger partial charge on any atom is 0.248 e. The van der Waals surface area contributed by atoms with Gasteiger partial charge in [-0.15, -0.1) is 0 Å². The van der Waals surface area contributed by atoms with Crippen molar-refractivity contribution in [1.82, 2.24) is 5.32 Å². The van der Waals surface area contributed by atoms with E-state index < -0.39 is 0 Å². The first-order valence-electron chi connectivity index (χ1n) is 6.70. The Morgan fingerprint density at radius 2 is 1.62 bits per heavy atom. The molecule has 0 radical (unpaired) electrons. The van der Waals surface area contributed by atoms with Crippen molar-refractivity contribution in [2.75, 3.05) is 5.32 Å². The molecule has 0 saturated carbocycles. The minimum atomic E-state index is -0.387. The molecule has 2 amide bonds. The van der Waals surface area contributed by atoms with Crippen LogP contribution in [0.2, 0.25) is 0 Å². The third kappa shape index (κ3) is 5.60. The molecule has 0 unspecified atom stereocenters. The van der Waals surface area contributed by atoms with Gasteiger partial charge in [-0.05, 0) is 52.0 Å². The average molecular weight is 288 g/mol. The van der Waals surface area contributed by atoms with E-state index in [-0.39, 0.29) is 23.6 Å². The van der Waals surface area contributed by atoms with Gasteiger partial charge in [0.1, 0.15) is 0 Å². The number of carbonyl (C=O) groups excluding carboxylic acids is 3. The summed E-state index contributed by atoms with van der Waals surface area (Å²) in [5.74, 6) is -0.692. The molecule has 21 heavy (non-hydrogen) atoms. The molecule has 5 heteroatoms. The zero-order valence-electron chi connectivity index (χ0n) is 12.7. The summed E-state index contributed by atoms with van der Waals surface area (Å²) in [6.45, 7) is 6.76. The molecule has 0 atom stereocenters. The van der Waals surface area contributed by atoms with E-state index in [4.69, 9.17) is 0 Å². The number of rotatable bonds is 5. The molecule has 0 aliphatic carbocycles. The Morgan fingerprint density at radius 1 is 1.05 bits per heavy atom. The number of hydrogen-bond acceptors (Lipinski definition) is 3. The molecular weight excluding hydrogens is 268 g/mol. The highest BCUT2D eigenvalue weighted by Gasteiger charge is 2.08. The first kappa shape index (κ1) is 16.6. The summed E-state index contributed by atoms with van der Waals surface area (Å²) in [7, 11) is 0. The van der Waals surface area contributed by atoms with E-state index in [9.17, 15) is 14.4 Å². The highest BCUT2D eigenvalue weighted by atomic mass is 16.2. The van der Waals surface area contributed by atoms with Crippen LogP contribution >= 0.6 is 0 Å². The van der Waals surface area contributed by atoms with E-state index in [1.54, 1.807) is 31.2 Å². The second-order valence-corrected chi connectivity index (χ2v) is 5.08. The van der Waals surface area contributed by atoms with Gasteiger partial charge in [0.25, 0.3) is 0 Å². The second kappa shape index (κ2) is 7.38. The molecule has 112 valence electrons. The highest BCUT2D eigenvalue weighted by Crippen LogP contribution is 2.10. The topological polar surface area (TPSA) is 75.3 Å². The lowest BCUT2D eigenvalue weighted by Crippen LogP contribution is -2.31. The Balaban J connectivity index is 2.68. The van der Waals surface area contributed by atoms with Gasteiger partial charge in [0.05, 0.1) is 0 Å². The monoisotopic (exact) mass is 288 g/mol. The number of carbonyl (C=O) groups is 3. The lowest BCUT2D eigenvalue weighted by Gasteiger charge is -2.08. The van der Waals surface area contributed by atoms with E-state index in [2.05, 4.69) is 10.6 Å². The summed E-state index contributed by atoms with van der Waals surface area (Å²) in [6, 6.07) is 6.58. The Morgan fingerprint density at radius 3 is 2.10 bits per heavy atom. The first-order valence-corrected chi connectivity index (χ1v) is 6.70. The minimum Gasteiger partial charge on any atom is -0.350 e. The summed E-state index contributed by atoms with van der Waals surface area (Å²) in [6.07, 6.45) is 1.25. The largest absolute Gasteiger partial charge is 0.350 e. The maximum absolute atomic E-state index is 11.8. The molecule has 0 saturated heterocycles. The summed E-state index contributed by atoms with van der Waals surface area (Å²) in [5, 5.41) is 5.35. The number of hydrogen-bond donors (Lipinski definition) is 2. The van der Waals surface area contributed by atoms with Crippen LogP contribution < -0.4 is 10.6 Å². The van der Waals surface area contributed by atoms with Gasteiger partial charge in [-0.1, -0.05) is 0 Å². The number of amides is 2. The van der Waals surface area contributed by atoms with Crippen molar-refractivity contribution in [2.45, 2.75) is 33.7 Å². The van der Waals surface area contributed by atoms with E-state index >= 15 is 0 Å². The van der Waals surface area contributed by atoms with Gasteiger partial charge in [0.2, 0.25) is 11.8 Å². The van der Waals surface area contributed by atoms with Crippen LogP contribution in [-0.2, 0) is 9.59 Å². The summed E-state index contributed by atoms with van der Waals surface area (Å²) < 4.78 is 0. The third-order valence-corrected chi connectivity index (χ3v) is 2.68. The van der Waals surface area contributed by atoms with E-state index in [1.165, 1.54) is 13.0 Å². The molecule has 0 bridgehead atoms. The normalized spacial score (nSPS) is 11.2. The standard InChI is InChI=1S/C16H20N2O3/c1-10(2)17-16(21)11(3)9-15(20)18-14-7-5-13(6-8-14)12(4)19/h5-10H,1-4H3,(H,17,21)(H,18,20)/b11-9-. The van der Waals surface area contributed by atoms with Crippen LogP contribution in [0, 0.1) is 0 Å². The van der Waals surface area contributed by atoms with Gasteiger partial charge >= 0.3 is 0 Å². The molecule has 0 aliphatic heterocycles. The van der Waals surface area contributed by atoms with Gasteiger partial charge in [-0.3, -0.25) is 14.4 Å². The minimum absolute atomic E-state index is 0.0167. The van der Waals surface area contributed by atoms with Gasteiger partial charge in [-0.25, -0.2) is 0 Å². The van der Waals surface area contributed by atoms with Crippen LogP contribution in [-0.4, -0.2) is 23.6 Å². The van der Waals surface area contributed by atoms with Crippen LogP contribution in [0.4, 0.5) is 5.69 Å². The molecule has 1 rings (SSSR count). The van der Waals surface area contributed by atoms with Crippen molar-refractivity contribution in [3.05, 3.63) is 41.5 Å². The maximum atomic E-state index is 11.8. The van der Waals surface area contributed by atoms with Crippen molar-refractivity contribution in [1.29, 1.82) is 0 Å². The number of anilines is 1. The summed E-state index contributed by atoms with van der Waals surface area (Å²) in [4.78, 5) is 34.6. The Bertz CT molecular complexity index is 572. The Hall–Kier alpha value is -2.43. The number of nitrogens with one attached hydrogen (secondary N) is 2. The third-order valence-electron chi connectivity index (χ3n) is 2.68. The summed E-state index contributed by atoms with van der Waals surface area (Å²) >= 11 is 0. The fourth-order valence-electron chi connectivity index (χ4n) is 1.60. The first-order chi connectivity index (χ1) is 9.79. The van der Waals surface area contributed by atoms with Crippen molar-refractivity contribution in [2.24, 2.45) is 0 Å². The SMILES string of the molecule is CC(=O)c1ccc(NC(=O)/C=C(/C)C(=O)NC(C)C)cc1. The quantitative estimate of drug-likeness (QED) is 0.645. The van der Waals surface area contributed by atoms with Crippen LogP contribution in [0.5, 0.6) is 0 Å². The fraction of sp³-hybridized carbons (Fsp3) is 0.312. The fourth-order valence-corrected chi connectivity index (χ4v) is 1.60. The molecule has 2 N–H and O–H groups in total.